The van der Waals surface area contributed by atoms with E-state index >= 15 is 0 Å². The van der Waals surface area contributed by atoms with Crippen molar-refractivity contribution in [2.45, 2.75) is 32.2 Å². The van der Waals surface area contributed by atoms with Crippen LogP contribution in [-0.4, -0.2) is 43.4 Å². The number of piperidine rings is 1. The molecule has 1 saturated heterocycles. The van der Waals surface area contributed by atoms with E-state index in [0.29, 0.717) is 23.5 Å². The topological polar surface area (TPSA) is 83.7 Å². The number of aryl methyl sites for hydroxylation is 1. The Bertz CT molecular complexity index is 1530. The Morgan fingerprint density at radius 3 is 2.92 bits per heavy atom. The molecule has 0 bridgehead atoms. The fourth-order valence-electron chi connectivity index (χ4n) is 4.92. The molecule has 0 spiro atoms. The van der Waals surface area contributed by atoms with Crippen molar-refractivity contribution in [3.63, 3.8) is 0 Å². The predicted octanol–water partition coefficient (Wildman–Crippen LogP) is 6.16. The van der Waals surface area contributed by atoms with Gasteiger partial charge in [0, 0.05) is 41.4 Å². The molecule has 0 radical (unpaired) electrons. The quantitative estimate of drug-likeness (QED) is 0.290. The highest BCUT2D eigenvalue weighted by atomic mass is 35.5. The van der Waals surface area contributed by atoms with Crippen LogP contribution in [0.3, 0.4) is 0 Å². The van der Waals surface area contributed by atoms with Gasteiger partial charge < -0.3 is 4.42 Å². The van der Waals surface area contributed by atoms with E-state index in [0.717, 1.165) is 64.8 Å². The van der Waals surface area contributed by atoms with E-state index in [1.165, 1.54) is 6.07 Å². The number of hydrogen-bond acceptors (Lipinski definition) is 6. The summed E-state index contributed by atoms with van der Waals surface area (Å²) in [6, 6.07) is 14.8. The lowest BCUT2D eigenvalue weighted by molar-refractivity contribution is 0.184. The molecule has 5 aromatic rings. The van der Waals surface area contributed by atoms with Gasteiger partial charge in [0.15, 0.2) is 0 Å². The lowest BCUT2D eigenvalue weighted by atomic mass is 9.97. The van der Waals surface area contributed by atoms with Crippen LogP contribution in [0.25, 0.3) is 33.6 Å². The zero-order valence-corrected chi connectivity index (χ0v) is 20.5. The minimum absolute atomic E-state index is 0.110. The van der Waals surface area contributed by atoms with Gasteiger partial charge in [0.1, 0.15) is 16.7 Å². The van der Waals surface area contributed by atoms with E-state index in [-0.39, 0.29) is 11.7 Å². The minimum atomic E-state index is -0.153. The molecule has 1 aliphatic heterocycles. The number of H-pyrrole nitrogens is 1. The molecule has 1 fully saturated rings. The fourth-order valence-corrected chi connectivity index (χ4v) is 5.10. The van der Waals surface area contributed by atoms with E-state index < -0.39 is 0 Å². The van der Waals surface area contributed by atoms with Crippen molar-refractivity contribution < 1.29 is 8.81 Å². The van der Waals surface area contributed by atoms with Crippen molar-refractivity contribution in [1.82, 2.24) is 30.3 Å². The number of hydrogen-bond donors (Lipinski definition) is 1. The van der Waals surface area contributed by atoms with Crippen LogP contribution >= 0.6 is 11.6 Å². The van der Waals surface area contributed by atoms with E-state index in [1.54, 1.807) is 18.3 Å². The summed E-state index contributed by atoms with van der Waals surface area (Å²) in [5, 5.41) is 17.6. The normalized spacial score (nSPS) is 16.6. The molecule has 3 aromatic heterocycles. The van der Waals surface area contributed by atoms with Gasteiger partial charge in [-0.2, -0.15) is 5.10 Å². The Balaban J connectivity index is 1.24. The second kappa shape index (κ2) is 9.44. The number of nitrogens with one attached hydrogen (secondary N) is 1. The van der Waals surface area contributed by atoms with Gasteiger partial charge in [0.25, 0.3) is 0 Å². The Morgan fingerprint density at radius 2 is 2.06 bits per heavy atom. The third kappa shape index (κ3) is 4.38. The fraction of sp³-hybridized carbons (Fsp3) is 0.259. The maximum absolute atomic E-state index is 14.4. The van der Waals surface area contributed by atoms with Crippen LogP contribution in [0.5, 0.6) is 0 Å². The number of nitrogens with zero attached hydrogens (tertiary/aromatic N) is 5. The van der Waals surface area contributed by atoms with Gasteiger partial charge in [0.2, 0.25) is 11.8 Å². The van der Waals surface area contributed by atoms with E-state index in [4.69, 9.17) is 16.0 Å². The molecule has 1 N–H and O–H groups in total. The van der Waals surface area contributed by atoms with Crippen molar-refractivity contribution in [2.75, 3.05) is 13.1 Å². The zero-order valence-electron chi connectivity index (χ0n) is 19.7. The molecular formula is C27H24ClFN6O. The summed E-state index contributed by atoms with van der Waals surface area (Å²) in [6.45, 7) is 4.21. The van der Waals surface area contributed by atoms with Gasteiger partial charge in [-0.05, 0) is 68.3 Å². The van der Waals surface area contributed by atoms with Crippen LogP contribution in [0.2, 0.25) is 5.15 Å². The van der Waals surface area contributed by atoms with Crippen molar-refractivity contribution in [3.8, 4) is 22.7 Å². The molecular weight excluding hydrogens is 479 g/mol. The molecule has 9 heteroatoms. The van der Waals surface area contributed by atoms with Crippen LogP contribution in [0.4, 0.5) is 4.39 Å². The Kier molecular flexibility index (Phi) is 5.99. The zero-order chi connectivity index (χ0) is 24.6. The lowest BCUT2D eigenvalue weighted by Gasteiger charge is -2.31. The van der Waals surface area contributed by atoms with Gasteiger partial charge in [-0.3, -0.25) is 10.00 Å². The number of aromatic nitrogens is 5. The Labute approximate surface area is 212 Å². The highest BCUT2D eigenvalue weighted by molar-refractivity contribution is 6.29. The molecule has 0 aliphatic carbocycles. The highest BCUT2D eigenvalue weighted by Crippen LogP contribution is 2.33. The third-order valence-electron chi connectivity index (χ3n) is 6.84. The summed E-state index contributed by atoms with van der Waals surface area (Å²) < 4.78 is 20.5. The van der Waals surface area contributed by atoms with Gasteiger partial charge in [-0.25, -0.2) is 9.37 Å². The molecule has 36 heavy (non-hydrogen) atoms. The largest absolute Gasteiger partial charge is 0.420 e. The van der Waals surface area contributed by atoms with Crippen LogP contribution in [-0.2, 0) is 6.54 Å². The van der Waals surface area contributed by atoms with Crippen LogP contribution in [0.15, 0.2) is 59.1 Å². The summed E-state index contributed by atoms with van der Waals surface area (Å²) in [7, 11) is 0. The first-order valence-electron chi connectivity index (χ1n) is 12.0. The molecule has 2 aromatic carbocycles. The maximum Gasteiger partial charge on any atom is 0.247 e. The first kappa shape index (κ1) is 22.8. The third-order valence-corrected chi connectivity index (χ3v) is 7.05. The second-order valence-electron chi connectivity index (χ2n) is 9.25. The SMILES string of the molecule is Cc1cccc(F)c1CN1CCC[C@@H](c2nnc(-c3ccc4[nH]nc(-c5ccnc(Cl)c5)c4c3)o2)C1. The standard InChI is InChI=1S/C27H24ClFN6O/c1-16-4-2-6-22(29)21(16)15-35-11-3-5-19(14-35)27-34-33-26(36-27)18-7-8-23-20(12-18)25(32-31-23)17-9-10-30-24(28)13-17/h2,4,6-10,12-13,19H,3,5,11,14-15H2,1H3,(H,31,32)/t19-/m1/s1. The molecule has 0 amide bonds. The van der Waals surface area contributed by atoms with Gasteiger partial charge >= 0.3 is 0 Å². The smallest absolute Gasteiger partial charge is 0.247 e. The van der Waals surface area contributed by atoms with Crippen LogP contribution in [0.1, 0.15) is 35.8 Å². The molecule has 6 rings (SSSR count). The van der Waals surface area contributed by atoms with Gasteiger partial charge in [0.05, 0.1) is 11.4 Å². The van der Waals surface area contributed by atoms with E-state index in [1.807, 2.05) is 37.3 Å². The Hall–Kier alpha value is -3.62. The van der Waals surface area contributed by atoms with Crippen LogP contribution in [0, 0.1) is 12.7 Å². The molecule has 1 atom stereocenters. The minimum Gasteiger partial charge on any atom is -0.420 e. The van der Waals surface area contributed by atoms with Crippen LogP contribution < -0.4 is 0 Å². The molecule has 7 nitrogen and oxygen atoms in total. The van der Waals surface area contributed by atoms with Crippen molar-refractivity contribution in [2.24, 2.45) is 0 Å². The molecule has 0 unspecified atom stereocenters. The summed E-state index contributed by atoms with van der Waals surface area (Å²) in [6.07, 6.45) is 3.62. The number of halogens is 2. The molecule has 1 aliphatic rings. The molecule has 0 saturated carbocycles. The number of aromatic amines is 1. The number of pyridine rings is 1. The highest BCUT2D eigenvalue weighted by Gasteiger charge is 2.27. The van der Waals surface area contributed by atoms with Gasteiger partial charge in [-0.1, -0.05) is 23.7 Å². The first-order valence-corrected chi connectivity index (χ1v) is 12.3. The maximum atomic E-state index is 14.4. The number of rotatable bonds is 5. The number of likely N-dealkylation sites (tertiary alicyclic amines) is 1. The average molecular weight is 503 g/mol. The molecule has 4 heterocycles. The summed E-state index contributed by atoms with van der Waals surface area (Å²) in [5.74, 6) is 1.04. The average Bonchev–Trinajstić information content (AvgIpc) is 3.54. The number of benzene rings is 2. The van der Waals surface area contributed by atoms with Gasteiger partial charge in [-0.15, -0.1) is 10.2 Å². The predicted molar refractivity (Wildman–Crippen MR) is 136 cm³/mol. The van der Waals surface area contributed by atoms with Crippen molar-refractivity contribution >= 4 is 22.5 Å². The van der Waals surface area contributed by atoms with E-state index in [2.05, 4.69) is 30.3 Å². The van der Waals surface area contributed by atoms with Crippen molar-refractivity contribution in [3.05, 3.63) is 82.7 Å². The molecule has 182 valence electrons. The summed E-state index contributed by atoms with van der Waals surface area (Å²) in [5.41, 5.74) is 5.09. The monoisotopic (exact) mass is 502 g/mol. The van der Waals surface area contributed by atoms with E-state index in [9.17, 15) is 4.39 Å². The Morgan fingerprint density at radius 1 is 1.14 bits per heavy atom. The lowest BCUT2D eigenvalue weighted by Crippen LogP contribution is -2.34. The first-order chi connectivity index (χ1) is 17.5. The summed E-state index contributed by atoms with van der Waals surface area (Å²) >= 11 is 6.08. The van der Waals surface area contributed by atoms with Crippen molar-refractivity contribution in [1.29, 1.82) is 0 Å². The number of fused-ring (bicyclic) bond motifs is 1. The summed E-state index contributed by atoms with van der Waals surface area (Å²) in [4.78, 5) is 6.32. The second-order valence-corrected chi connectivity index (χ2v) is 9.64.